The third-order valence-corrected chi connectivity index (χ3v) is 9.95. The quantitative estimate of drug-likeness (QED) is 0.0264. The predicted octanol–water partition coefficient (Wildman–Crippen LogP) is 15.5. The van der Waals surface area contributed by atoms with Crippen molar-refractivity contribution in [2.75, 3.05) is 13.2 Å². The van der Waals surface area contributed by atoms with Crippen LogP contribution in [-0.4, -0.2) is 37.2 Å². The van der Waals surface area contributed by atoms with Crippen LogP contribution in [0.4, 0.5) is 0 Å². The molecule has 0 aromatic rings. The first kappa shape index (κ1) is 54.9. The topological polar surface area (TPSA) is 78.9 Å². The summed E-state index contributed by atoms with van der Waals surface area (Å²) in [5.74, 6) is -0.968. The molecule has 6 heteroatoms. The third-order valence-electron chi connectivity index (χ3n) is 9.95. The smallest absolute Gasteiger partial charge is 0.306 e. The van der Waals surface area contributed by atoms with Crippen molar-refractivity contribution in [2.24, 2.45) is 0 Å². The van der Waals surface area contributed by atoms with Crippen LogP contribution in [0.5, 0.6) is 0 Å². The zero-order chi connectivity index (χ0) is 42.3. The van der Waals surface area contributed by atoms with E-state index in [-0.39, 0.29) is 37.5 Å². The molecule has 0 aliphatic carbocycles. The van der Waals surface area contributed by atoms with E-state index >= 15 is 0 Å². The number of hydrogen-bond acceptors (Lipinski definition) is 6. The molecule has 0 saturated carbocycles. The molecule has 0 aromatic heterocycles. The lowest BCUT2D eigenvalue weighted by Gasteiger charge is -2.18. The molecule has 0 aliphatic rings. The lowest BCUT2D eigenvalue weighted by atomic mass is 10.0. The minimum atomic E-state index is -0.797. The largest absolute Gasteiger partial charge is 0.462 e. The molecule has 0 bridgehead atoms. The summed E-state index contributed by atoms with van der Waals surface area (Å²) in [7, 11) is 0. The third kappa shape index (κ3) is 44.0. The van der Waals surface area contributed by atoms with E-state index in [4.69, 9.17) is 14.2 Å². The minimum Gasteiger partial charge on any atom is -0.462 e. The molecule has 58 heavy (non-hydrogen) atoms. The van der Waals surface area contributed by atoms with Gasteiger partial charge in [0, 0.05) is 19.3 Å². The number of carbonyl (C=O) groups is 3. The van der Waals surface area contributed by atoms with Gasteiger partial charge in [-0.25, -0.2) is 0 Å². The Hall–Kier alpha value is -3.15. The van der Waals surface area contributed by atoms with Gasteiger partial charge in [-0.05, 0) is 77.0 Å². The number of ether oxygens (including phenoxy) is 3. The number of carbonyl (C=O) groups excluding carboxylic acids is 3. The van der Waals surface area contributed by atoms with Crippen LogP contribution in [0.1, 0.15) is 220 Å². The van der Waals surface area contributed by atoms with E-state index < -0.39 is 6.10 Å². The Kier molecular flexibility index (Phi) is 44.0. The first-order valence-electron chi connectivity index (χ1n) is 23.9. The Balaban J connectivity index is 4.47. The fraction of sp³-hybridized carbons (Fsp3) is 0.712. The number of unbranched alkanes of at least 4 members (excludes halogenated alkanes) is 19. The molecule has 0 unspecified atom stereocenters. The minimum absolute atomic E-state index is 0.0965. The normalized spacial score (nSPS) is 12.7. The van der Waals surface area contributed by atoms with Gasteiger partial charge in [0.15, 0.2) is 6.10 Å². The summed E-state index contributed by atoms with van der Waals surface area (Å²) in [6, 6.07) is 0. The van der Waals surface area contributed by atoms with Gasteiger partial charge in [0.05, 0.1) is 0 Å². The van der Waals surface area contributed by atoms with Crippen LogP contribution in [0, 0.1) is 0 Å². The van der Waals surface area contributed by atoms with E-state index in [1.165, 1.54) is 83.5 Å². The van der Waals surface area contributed by atoms with Gasteiger partial charge in [0.2, 0.25) is 0 Å². The summed E-state index contributed by atoms with van der Waals surface area (Å²) in [5.41, 5.74) is 0. The molecule has 0 rings (SSSR count). The van der Waals surface area contributed by atoms with Gasteiger partial charge >= 0.3 is 17.9 Å². The Morgan fingerprint density at radius 1 is 0.362 bits per heavy atom. The Labute approximate surface area is 357 Å². The molecular weight excluding hydrogens is 721 g/mol. The maximum absolute atomic E-state index is 12.7. The number of rotatable bonds is 42. The summed E-state index contributed by atoms with van der Waals surface area (Å²) < 4.78 is 16.7. The molecule has 0 aromatic carbocycles. The van der Waals surface area contributed by atoms with Crippen molar-refractivity contribution in [1.82, 2.24) is 0 Å². The average Bonchev–Trinajstić information content (AvgIpc) is 3.22. The van der Waals surface area contributed by atoms with E-state index in [2.05, 4.69) is 93.7 Å². The number of esters is 3. The maximum atomic E-state index is 12.7. The van der Waals surface area contributed by atoms with Crippen LogP contribution in [0.25, 0.3) is 0 Å². The molecule has 0 aliphatic heterocycles. The highest BCUT2D eigenvalue weighted by Crippen LogP contribution is 2.14. The van der Waals surface area contributed by atoms with Crippen LogP contribution < -0.4 is 0 Å². The van der Waals surface area contributed by atoms with Crippen LogP contribution in [0.3, 0.4) is 0 Å². The monoisotopic (exact) mass is 809 g/mol. The van der Waals surface area contributed by atoms with Gasteiger partial charge in [-0.15, -0.1) is 0 Å². The van der Waals surface area contributed by atoms with Crippen molar-refractivity contribution < 1.29 is 28.6 Å². The summed E-state index contributed by atoms with van der Waals surface area (Å²) in [6.07, 6.45) is 57.4. The Morgan fingerprint density at radius 2 is 0.707 bits per heavy atom. The van der Waals surface area contributed by atoms with Gasteiger partial charge in [-0.3, -0.25) is 14.4 Å². The van der Waals surface area contributed by atoms with E-state index in [0.29, 0.717) is 19.3 Å². The van der Waals surface area contributed by atoms with Crippen molar-refractivity contribution >= 4 is 17.9 Å². The van der Waals surface area contributed by atoms with Crippen molar-refractivity contribution in [1.29, 1.82) is 0 Å². The van der Waals surface area contributed by atoms with Gasteiger partial charge < -0.3 is 14.2 Å². The lowest BCUT2D eigenvalue weighted by molar-refractivity contribution is -0.167. The molecule has 0 amide bonds. The van der Waals surface area contributed by atoms with Gasteiger partial charge in [0.25, 0.3) is 0 Å². The van der Waals surface area contributed by atoms with Crippen LogP contribution in [0.15, 0.2) is 72.9 Å². The van der Waals surface area contributed by atoms with E-state index in [1.807, 2.05) is 0 Å². The highest BCUT2D eigenvalue weighted by Gasteiger charge is 2.19. The van der Waals surface area contributed by atoms with Crippen molar-refractivity contribution in [2.45, 2.75) is 226 Å². The molecule has 0 heterocycles. The highest BCUT2D eigenvalue weighted by molar-refractivity contribution is 5.71. The molecule has 0 N–H and O–H groups in total. The van der Waals surface area contributed by atoms with Crippen LogP contribution in [-0.2, 0) is 28.6 Å². The van der Waals surface area contributed by atoms with Crippen LogP contribution >= 0.6 is 0 Å². The Bertz CT molecular complexity index is 1110. The van der Waals surface area contributed by atoms with Crippen molar-refractivity contribution in [3.05, 3.63) is 72.9 Å². The van der Waals surface area contributed by atoms with Crippen molar-refractivity contribution in [3.63, 3.8) is 0 Å². The average molecular weight is 809 g/mol. The van der Waals surface area contributed by atoms with Crippen molar-refractivity contribution in [3.8, 4) is 0 Å². The summed E-state index contributed by atoms with van der Waals surface area (Å²) >= 11 is 0. The molecule has 0 saturated heterocycles. The highest BCUT2D eigenvalue weighted by atomic mass is 16.6. The zero-order valence-corrected chi connectivity index (χ0v) is 37.8. The fourth-order valence-corrected chi connectivity index (χ4v) is 6.34. The zero-order valence-electron chi connectivity index (χ0n) is 37.8. The van der Waals surface area contributed by atoms with E-state index in [9.17, 15) is 14.4 Å². The standard InChI is InChI=1S/C52H88O6/c1-4-7-10-13-16-19-22-24-25-26-27-28-31-33-36-39-42-45-51(54)57-48-49(47-56-50(53)44-41-38-35-32-29-21-18-15-12-9-6-3)58-52(55)46-43-40-37-34-30-23-20-17-14-11-8-5-2/h7,10,15-16,18-19,24-25,27-28,33,36,49H,4-6,8-9,11-14,17,20-23,26,29-32,34-35,37-48H2,1-3H3/b10-7-,18-15-,19-16-,25-24-,28-27-,36-33-/t49-/m1/s1. The SMILES string of the molecule is CC/C=C\C/C=C\C/C=C\C/C=C\C/C=C\CCCC(=O)OC[C@@H](COC(=O)CCCCCCC/C=C\CCCC)OC(=O)CCCCCCCCCCCCCC. The summed E-state index contributed by atoms with van der Waals surface area (Å²) in [4.78, 5) is 37.8. The molecule has 6 nitrogen and oxygen atoms in total. The number of hydrogen-bond donors (Lipinski definition) is 0. The molecule has 0 spiro atoms. The van der Waals surface area contributed by atoms with Crippen LogP contribution in [0.2, 0.25) is 0 Å². The maximum Gasteiger partial charge on any atom is 0.306 e. The number of allylic oxidation sites excluding steroid dienone is 12. The molecule has 332 valence electrons. The first-order valence-corrected chi connectivity index (χ1v) is 23.9. The predicted molar refractivity (Wildman–Crippen MR) is 247 cm³/mol. The molecule has 0 radical (unpaired) electrons. The summed E-state index contributed by atoms with van der Waals surface area (Å²) in [5, 5.41) is 0. The second kappa shape index (κ2) is 46.5. The molecule has 0 fully saturated rings. The summed E-state index contributed by atoms with van der Waals surface area (Å²) in [6.45, 7) is 6.41. The second-order valence-electron chi connectivity index (χ2n) is 15.6. The van der Waals surface area contributed by atoms with E-state index in [1.54, 1.807) is 0 Å². The lowest BCUT2D eigenvalue weighted by Crippen LogP contribution is -2.30. The Morgan fingerprint density at radius 3 is 1.19 bits per heavy atom. The van der Waals surface area contributed by atoms with E-state index in [0.717, 1.165) is 89.9 Å². The molecular formula is C52H88O6. The van der Waals surface area contributed by atoms with Gasteiger partial charge in [-0.1, -0.05) is 196 Å². The van der Waals surface area contributed by atoms with Gasteiger partial charge in [0.1, 0.15) is 13.2 Å². The second-order valence-corrected chi connectivity index (χ2v) is 15.6. The van der Waals surface area contributed by atoms with Gasteiger partial charge in [-0.2, -0.15) is 0 Å². The first-order chi connectivity index (χ1) is 28.5. The fourth-order valence-electron chi connectivity index (χ4n) is 6.34. The molecule has 1 atom stereocenters.